The lowest BCUT2D eigenvalue weighted by molar-refractivity contribution is -0.137. The minimum absolute atomic E-state index is 0.0365. The molecule has 0 unspecified atom stereocenters. The van der Waals surface area contributed by atoms with Gasteiger partial charge in [0.25, 0.3) is 0 Å². The van der Waals surface area contributed by atoms with Crippen molar-refractivity contribution in [3.63, 3.8) is 0 Å². The van der Waals surface area contributed by atoms with Crippen LogP contribution < -0.4 is 4.90 Å². The van der Waals surface area contributed by atoms with E-state index in [1.165, 1.54) is 6.07 Å². The van der Waals surface area contributed by atoms with Crippen LogP contribution in [0.5, 0.6) is 0 Å². The third-order valence-corrected chi connectivity index (χ3v) is 4.31. The van der Waals surface area contributed by atoms with Gasteiger partial charge < -0.3 is 10.0 Å². The van der Waals surface area contributed by atoms with Crippen molar-refractivity contribution in [3.8, 4) is 0 Å². The molecule has 19 heavy (non-hydrogen) atoms. The fraction of sp³-hybridized carbons (Fsp3) is 0.533. The van der Waals surface area contributed by atoms with Gasteiger partial charge in [-0.05, 0) is 37.8 Å². The summed E-state index contributed by atoms with van der Waals surface area (Å²) in [6.45, 7) is 1.89. The molecule has 1 heterocycles. The van der Waals surface area contributed by atoms with Crippen molar-refractivity contribution in [2.45, 2.75) is 37.5 Å². The average molecular weight is 263 g/mol. The Hall–Kier alpha value is -1.58. The van der Waals surface area contributed by atoms with Gasteiger partial charge in [-0.25, -0.2) is 4.39 Å². The molecule has 1 N–H and O–H groups in total. The summed E-state index contributed by atoms with van der Waals surface area (Å²) in [6, 6.07) is 5.12. The van der Waals surface area contributed by atoms with Crippen LogP contribution in [0.25, 0.3) is 0 Å². The highest BCUT2D eigenvalue weighted by Gasteiger charge is 2.49. The molecule has 1 aliphatic carbocycles. The highest BCUT2D eigenvalue weighted by atomic mass is 19.1. The minimum Gasteiger partial charge on any atom is -0.481 e. The van der Waals surface area contributed by atoms with E-state index in [1.807, 2.05) is 6.07 Å². The second-order valence-electron chi connectivity index (χ2n) is 5.68. The topological polar surface area (TPSA) is 40.5 Å². The summed E-state index contributed by atoms with van der Waals surface area (Å²) < 4.78 is 14.3. The Bertz CT molecular complexity index is 505. The first-order chi connectivity index (χ1) is 9.12. The van der Waals surface area contributed by atoms with Crippen LogP contribution in [0.3, 0.4) is 0 Å². The number of hydrogen-bond acceptors (Lipinski definition) is 2. The number of hydrogen-bond donors (Lipinski definition) is 1. The predicted molar refractivity (Wildman–Crippen MR) is 71.0 cm³/mol. The molecule has 0 atom stereocenters. The second kappa shape index (κ2) is 4.51. The number of halogens is 1. The standard InChI is InChI=1S/C15H18FNO2/c16-11-4-3-5-12(17-8-1-2-9-17)14(11)15(6-7-15)10-13(18)19/h3-5H,1-2,6-10H2,(H,18,19). The third-order valence-electron chi connectivity index (χ3n) is 4.31. The van der Waals surface area contributed by atoms with Gasteiger partial charge >= 0.3 is 5.97 Å². The Morgan fingerprint density at radius 1 is 1.32 bits per heavy atom. The van der Waals surface area contributed by atoms with E-state index in [9.17, 15) is 9.18 Å². The molecular weight excluding hydrogens is 245 g/mol. The van der Waals surface area contributed by atoms with Crippen molar-refractivity contribution < 1.29 is 14.3 Å². The zero-order valence-corrected chi connectivity index (χ0v) is 10.9. The summed E-state index contributed by atoms with van der Waals surface area (Å²) in [5.74, 6) is -1.09. The third kappa shape index (κ3) is 2.20. The van der Waals surface area contributed by atoms with Gasteiger partial charge in [0, 0.05) is 29.8 Å². The van der Waals surface area contributed by atoms with Gasteiger partial charge in [0.1, 0.15) is 5.82 Å². The maximum absolute atomic E-state index is 14.3. The fourth-order valence-corrected chi connectivity index (χ4v) is 3.21. The summed E-state index contributed by atoms with van der Waals surface area (Å²) in [5, 5.41) is 9.06. The van der Waals surface area contributed by atoms with Crippen LogP contribution in [0.4, 0.5) is 10.1 Å². The molecule has 1 aromatic rings. The Morgan fingerprint density at radius 2 is 2.00 bits per heavy atom. The second-order valence-corrected chi connectivity index (χ2v) is 5.68. The fourth-order valence-electron chi connectivity index (χ4n) is 3.21. The predicted octanol–water partition coefficient (Wildman–Crippen LogP) is 2.93. The van der Waals surface area contributed by atoms with Crippen molar-refractivity contribution in [1.29, 1.82) is 0 Å². The molecule has 1 aromatic carbocycles. The van der Waals surface area contributed by atoms with Gasteiger partial charge in [0.2, 0.25) is 0 Å². The molecule has 3 rings (SSSR count). The summed E-state index contributed by atoms with van der Waals surface area (Å²) in [7, 11) is 0. The molecule has 102 valence electrons. The average Bonchev–Trinajstić information content (AvgIpc) is 2.92. The smallest absolute Gasteiger partial charge is 0.304 e. The lowest BCUT2D eigenvalue weighted by Crippen LogP contribution is -2.24. The van der Waals surface area contributed by atoms with Gasteiger partial charge in [-0.3, -0.25) is 4.79 Å². The maximum Gasteiger partial charge on any atom is 0.304 e. The molecule has 1 aliphatic heterocycles. The normalized spacial score (nSPS) is 20.6. The molecular formula is C15H18FNO2. The quantitative estimate of drug-likeness (QED) is 0.908. The monoisotopic (exact) mass is 263 g/mol. The molecule has 1 saturated carbocycles. The summed E-state index contributed by atoms with van der Waals surface area (Å²) in [5.41, 5.74) is 1.09. The number of carbonyl (C=O) groups is 1. The van der Waals surface area contributed by atoms with Crippen LogP contribution in [0, 0.1) is 5.82 Å². The largest absolute Gasteiger partial charge is 0.481 e. The molecule has 4 heteroatoms. The SMILES string of the molecule is O=C(O)CC1(c2c(F)cccc2N2CCCC2)CC1. The summed E-state index contributed by atoms with van der Waals surface area (Å²) >= 11 is 0. The first-order valence-electron chi connectivity index (χ1n) is 6.88. The lowest BCUT2D eigenvalue weighted by Gasteiger charge is -2.26. The minimum atomic E-state index is -0.840. The van der Waals surface area contributed by atoms with Crippen LogP contribution >= 0.6 is 0 Å². The van der Waals surface area contributed by atoms with Crippen LogP contribution in [-0.4, -0.2) is 24.2 Å². The molecule has 0 aromatic heterocycles. The van der Waals surface area contributed by atoms with E-state index in [2.05, 4.69) is 4.90 Å². The number of benzene rings is 1. The van der Waals surface area contributed by atoms with Crippen molar-refractivity contribution in [2.24, 2.45) is 0 Å². The summed E-state index contributed by atoms with van der Waals surface area (Å²) in [6.07, 6.45) is 3.85. The molecule has 2 fully saturated rings. The number of anilines is 1. The molecule has 0 radical (unpaired) electrons. The van der Waals surface area contributed by atoms with Crippen LogP contribution in [0.1, 0.15) is 37.7 Å². The van der Waals surface area contributed by atoms with E-state index in [0.29, 0.717) is 5.56 Å². The van der Waals surface area contributed by atoms with Gasteiger partial charge in [-0.2, -0.15) is 0 Å². The number of nitrogens with zero attached hydrogens (tertiary/aromatic N) is 1. The van der Waals surface area contributed by atoms with Crippen LogP contribution in [0.15, 0.2) is 18.2 Å². The first kappa shape index (κ1) is 12.5. The van der Waals surface area contributed by atoms with E-state index in [1.54, 1.807) is 6.07 Å². The van der Waals surface area contributed by atoms with Crippen LogP contribution in [-0.2, 0) is 10.2 Å². The molecule has 0 amide bonds. The van der Waals surface area contributed by atoms with Crippen molar-refractivity contribution in [3.05, 3.63) is 29.6 Å². The molecule has 1 saturated heterocycles. The highest BCUT2D eigenvalue weighted by Crippen LogP contribution is 2.54. The van der Waals surface area contributed by atoms with Gasteiger partial charge in [-0.15, -0.1) is 0 Å². The van der Waals surface area contributed by atoms with Gasteiger partial charge in [-0.1, -0.05) is 6.07 Å². The number of rotatable bonds is 4. The molecule has 0 spiro atoms. The number of carboxylic acids is 1. The molecule has 2 aliphatic rings. The lowest BCUT2D eigenvalue weighted by atomic mass is 9.90. The zero-order valence-electron chi connectivity index (χ0n) is 10.9. The van der Waals surface area contributed by atoms with E-state index < -0.39 is 11.4 Å². The Balaban J connectivity index is 2.02. The Labute approximate surface area is 112 Å². The van der Waals surface area contributed by atoms with Gasteiger partial charge in [0.15, 0.2) is 0 Å². The molecule has 3 nitrogen and oxygen atoms in total. The maximum atomic E-state index is 14.3. The van der Waals surface area contributed by atoms with E-state index in [4.69, 9.17) is 5.11 Å². The first-order valence-corrected chi connectivity index (χ1v) is 6.88. The Morgan fingerprint density at radius 3 is 2.58 bits per heavy atom. The zero-order chi connectivity index (χ0) is 13.5. The van der Waals surface area contributed by atoms with E-state index >= 15 is 0 Å². The van der Waals surface area contributed by atoms with Gasteiger partial charge in [0.05, 0.1) is 6.42 Å². The van der Waals surface area contributed by atoms with E-state index in [-0.39, 0.29) is 12.2 Å². The van der Waals surface area contributed by atoms with E-state index in [0.717, 1.165) is 44.5 Å². The summed E-state index contributed by atoms with van der Waals surface area (Å²) in [4.78, 5) is 13.2. The Kier molecular flexibility index (Phi) is 2.96. The molecule has 0 bridgehead atoms. The van der Waals surface area contributed by atoms with Crippen molar-refractivity contribution >= 4 is 11.7 Å². The number of carboxylic acid groups (broad SMARTS) is 1. The van der Waals surface area contributed by atoms with Crippen molar-refractivity contribution in [2.75, 3.05) is 18.0 Å². The van der Waals surface area contributed by atoms with Crippen LogP contribution in [0.2, 0.25) is 0 Å². The number of aliphatic carboxylic acids is 1. The van der Waals surface area contributed by atoms with Crippen molar-refractivity contribution in [1.82, 2.24) is 0 Å². The highest BCUT2D eigenvalue weighted by molar-refractivity contribution is 5.72.